The molecule has 1 aromatic rings. The first-order chi connectivity index (χ1) is 10.4. The molecule has 1 N–H and O–H groups in total. The Kier molecular flexibility index (Phi) is 6.00. The molecular weight excluding hydrogens is 339 g/mol. The quantitative estimate of drug-likeness (QED) is 0.482. The summed E-state index contributed by atoms with van der Waals surface area (Å²) in [6.07, 6.45) is -0.213. The van der Waals surface area contributed by atoms with Crippen LogP contribution in [-0.2, 0) is 19.8 Å². The highest BCUT2D eigenvalue weighted by Crippen LogP contribution is 2.27. The van der Waals surface area contributed by atoms with Crippen LogP contribution in [0.1, 0.15) is 32.3 Å². The van der Waals surface area contributed by atoms with Crippen LogP contribution in [0.3, 0.4) is 0 Å². The molecule has 1 atom stereocenters. The van der Waals surface area contributed by atoms with E-state index in [1.165, 1.54) is 12.1 Å². The van der Waals surface area contributed by atoms with E-state index in [4.69, 9.17) is 4.84 Å². The predicted molar refractivity (Wildman–Crippen MR) is 74.8 cm³/mol. The molecule has 23 heavy (non-hydrogen) atoms. The van der Waals surface area contributed by atoms with Crippen molar-refractivity contribution in [3.05, 3.63) is 29.8 Å². The number of amides is 1. The van der Waals surface area contributed by atoms with E-state index in [0.717, 1.165) is 12.1 Å². The second-order valence-corrected chi connectivity index (χ2v) is 6.44. The maximum absolute atomic E-state index is 12.2. The maximum atomic E-state index is 12.2. The van der Waals surface area contributed by atoms with Gasteiger partial charge in [0.2, 0.25) is 0 Å². The molecule has 0 aliphatic heterocycles. The summed E-state index contributed by atoms with van der Waals surface area (Å²) in [7, 11) is -5.72. The standard InChI is InChI=1S/C13H16F3NO5S/c1-8(2)21-17-12(18)9(3)10-4-6-11(7-5-10)22-23(19,20)13(14,15)16/h4-9H,1-3H3,(H,17,18)/t9-/m1/s1. The summed E-state index contributed by atoms with van der Waals surface area (Å²) < 4.78 is 62.3. The van der Waals surface area contributed by atoms with E-state index in [1.54, 1.807) is 20.8 Å². The Morgan fingerprint density at radius 1 is 1.13 bits per heavy atom. The van der Waals surface area contributed by atoms with E-state index < -0.39 is 33.2 Å². The summed E-state index contributed by atoms with van der Waals surface area (Å²) >= 11 is 0. The largest absolute Gasteiger partial charge is 0.534 e. The molecule has 0 fully saturated rings. The van der Waals surface area contributed by atoms with Gasteiger partial charge in [-0.05, 0) is 38.5 Å². The van der Waals surface area contributed by atoms with Gasteiger partial charge >= 0.3 is 15.6 Å². The summed E-state index contributed by atoms with van der Waals surface area (Å²) in [5.74, 6) is -1.60. The third-order valence-electron chi connectivity index (χ3n) is 2.66. The molecule has 0 aliphatic carbocycles. The normalized spacial score (nSPS) is 13.7. The van der Waals surface area contributed by atoms with Crippen molar-refractivity contribution in [3.63, 3.8) is 0 Å². The fourth-order valence-electron chi connectivity index (χ4n) is 1.40. The monoisotopic (exact) mass is 355 g/mol. The molecule has 0 aliphatic rings. The zero-order valence-corrected chi connectivity index (χ0v) is 13.4. The lowest BCUT2D eigenvalue weighted by Gasteiger charge is -2.14. The van der Waals surface area contributed by atoms with Crippen LogP contribution < -0.4 is 9.66 Å². The van der Waals surface area contributed by atoms with E-state index in [9.17, 15) is 26.4 Å². The smallest absolute Gasteiger partial charge is 0.376 e. The number of benzene rings is 1. The van der Waals surface area contributed by atoms with Crippen LogP contribution in [0.15, 0.2) is 24.3 Å². The van der Waals surface area contributed by atoms with Gasteiger partial charge in [0, 0.05) is 0 Å². The van der Waals surface area contributed by atoms with Gasteiger partial charge in [0.1, 0.15) is 5.75 Å². The van der Waals surface area contributed by atoms with Crippen molar-refractivity contribution in [2.24, 2.45) is 0 Å². The van der Waals surface area contributed by atoms with Crippen LogP contribution in [-0.4, -0.2) is 25.9 Å². The fraction of sp³-hybridized carbons (Fsp3) is 0.462. The molecule has 1 rings (SSSR count). The third kappa shape index (κ3) is 5.39. The van der Waals surface area contributed by atoms with Crippen molar-refractivity contribution in [2.45, 2.75) is 38.3 Å². The number of rotatable bonds is 6. The molecule has 0 bridgehead atoms. The molecule has 1 aromatic carbocycles. The molecule has 0 saturated heterocycles. The molecule has 10 heteroatoms. The molecule has 0 heterocycles. The van der Waals surface area contributed by atoms with Crippen LogP contribution in [0.25, 0.3) is 0 Å². The van der Waals surface area contributed by atoms with Crippen molar-refractivity contribution in [3.8, 4) is 5.75 Å². The predicted octanol–water partition coefficient (Wildman–Crippen LogP) is 2.47. The van der Waals surface area contributed by atoms with Crippen LogP contribution in [0.4, 0.5) is 13.2 Å². The number of hydrogen-bond acceptors (Lipinski definition) is 5. The number of nitrogens with one attached hydrogen (secondary N) is 1. The van der Waals surface area contributed by atoms with Gasteiger partial charge in [0.15, 0.2) is 0 Å². The summed E-state index contributed by atoms with van der Waals surface area (Å²) in [6, 6.07) is 4.65. The highest BCUT2D eigenvalue weighted by atomic mass is 32.2. The van der Waals surface area contributed by atoms with Gasteiger partial charge in [0.05, 0.1) is 12.0 Å². The summed E-state index contributed by atoms with van der Waals surface area (Å²) in [5.41, 5.74) is -2.82. The van der Waals surface area contributed by atoms with Crippen LogP contribution in [0, 0.1) is 0 Å². The lowest BCUT2D eigenvalue weighted by molar-refractivity contribution is -0.138. The number of alkyl halides is 3. The molecule has 0 unspecified atom stereocenters. The fourth-order valence-corrected chi connectivity index (χ4v) is 1.86. The number of halogens is 3. The van der Waals surface area contributed by atoms with Crippen LogP contribution in [0.2, 0.25) is 0 Å². The minimum atomic E-state index is -5.72. The molecule has 0 radical (unpaired) electrons. The van der Waals surface area contributed by atoms with Gasteiger partial charge in [-0.3, -0.25) is 9.63 Å². The Morgan fingerprint density at radius 3 is 2.09 bits per heavy atom. The van der Waals surface area contributed by atoms with E-state index in [0.29, 0.717) is 5.56 Å². The highest BCUT2D eigenvalue weighted by molar-refractivity contribution is 7.87. The van der Waals surface area contributed by atoms with E-state index in [1.807, 2.05) is 0 Å². The lowest BCUT2D eigenvalue weighted by atomic mass is 10.0. The molecular formula is C13H16F3NO5S. The van der Waals surface area contributed by atoms with Crippen LogP contribution >= 0.6 is 0 Å². The average molecular weight is 355 g/mol. The third-order valence-corrected chi connectivity index (χ3v) is 3.64. The van der Waals surface area contributed by atoms with E-state index in [2.05, 4.69) is 9.66 Å². The first kappa shape index (κ1) is 19.2. The number of hydroxylamine groups is 1. The average Bonchev–Trinajstić information content (AvgIpc) is 2.43. The Hall–Kier alpha value is -1.81. The van der Waals surface area contributed by atoms with Gasteiger partial charge in [-0.1, -0.05) is 12.1 Å². The number of carbonyl (C=O) groups is 1. The van der Waals surface area contributed by atoms with Gasteiger partial charge in [-0.2, -0.15) is 21.6 Å². The topological polar surface area (TPSA) is 81.7 Å². The lowest BCUT2D eigenvalue weighted by Crippen LogP contribution is -2.30. The molecule has 130 valence electrons. The van der Waals surface area contributed by atoms with Crippen molar-refractivity contribution >= 4 is 16.0 Å². The number of hydrogen-bond donors (Lipinski definition) is 1. The Labute approximate surface area is 131 Å². The van der Waals surface area contributed by atoms with E-state index in [-0.39, 0.29) is 6.10 Å². The van der Waals surface area contributed by atoms with Gasteiger partial charge in [0.25, 0.3) is 5.91 Å². The maximum Gasteiger partial charge on any atom is 0.534 e. The van der Waals surface area contributed by atoms with Crippen LogP contribution in [0.5, 0.6) is 5.75 Å². The SMILES string of the molecule is CC(C)ONC(=O)[C@H](C)c1ccc(OS(=O)(=O)C(F)(F)F)cc1. The molecule has 0 spiro atoms. The zero-order valence-electron chi connectivity index (χ0n) is 12.5. The first-order valence-electron chi connectivity index (χ1n) is 6.50. The van der Waals surface area contributed by atoms with Crippen molar-refractivity contribution in [1.82, 2.24) is 5.48 Å². The number of carbonyl (C=O) groups excluding carboxylic acids is 1. The Bertz CT molecular complexity index is 641. The van der Waals surface area contributed by atoms with Crippen molar-refractivity contribution in [1.29, 1.82) is 0 Å². The Balaban J connectivity index is 2.79. The van der Waals surface area contributed by atoms with Crippen molar-refractivity contribution < 1.29 is 35.4 Å². The molecule has 0 saturated carbocycles. The Morgan fingerprint density at radius 2 is 1.65 bits per heavy atom. The van der Waals surface area contributed by atoms with Gasteiger partial charge < -0.3 is 4.18 Å². The summed E-state index contributed by atoms with van der Waals surface area (Å²) in [6.45, 7) is 5.00. The van der Waals surface area contributed by atoms with Gasteiger partial charge in [-0.25, -0.2) is 5.48 Å². The van der Waals surface area contributed by atoms with Gasteiger partial charge in [-0.15, -0.1) is 0 Å². The minimum absolute atomic E-state index is 0.213. The first-order valence-corrected chi connectivity index (χ1v) is 7.91. The zero-order chi connectivity index (χ0) is 17.8. The molecule has 1 amide bonds. The summed E-state index contributed by atoms with van der Waals surface area (Å²) in [5, 5.41) is 0. The highest BCUT2D eigenvalue weighted by Gasteiger charge is 2.48. The van der Waals surface area contributed by atoms with Crippen molar-refractivity contribution in [2.75, 3.05) is 0 Å². The second kappa shape index (κ2) is 7.18. The molecule has 0 aromatic heterocycles. The van der Waals surface area contributed by atoms with E-state index >= 15 is 0 Å². The molecule has 6 nitrogen and oxygen atoms in total. The second-order valence-electron chi connectivity index (χ2n) is 4.91. The minimum Gasteiger partial charge on any atom is -0.376 e. The summed E-state index contributed by atoms with van der Waals surface area (Å²) in [4.78, 5) is 16.7.